The number of rotatable bonds is 4. The second-order valence-electron chi connectivity index (χ2n) is 2.46. The summed E-state index contributed by atoms with van der Waals surface area (Å²) in [7, 11) is 0. The van der Waals surface area contributed by atoms with Crippen LogP contribution in [0.25, 0.3) is 0 Å². The van der Waals surface area contributed by atoms with Crippen LogP contribution in [0.5, 0.6) is 5.75 Å². The molecule has 4 nitrogen and oxygen atoms in total. The number of benzene rings is 1. The molecule has 0 heterocycles. The standard InChI is InChI=1S/C9H7BrO4/c10-9-6(4-11)2-1-3-7(9)14-5-8(12)13/h1-4H,5H2,(H,12,13). The summed E-state index contributed by atoms with van der Waals surface area (Å²) in [6.45, 7) is -0.430. The minimum atomic E-state index is -1.06. The van der Waals surface area contributed by atoms with Crippen molar-refractivity contribution >= 4 is 28.2 Å². The van der Waals surface area contributed by atoms with Crippen molar-refractivity contribution < 1.29 is 19.4 Å². The Morgan fingerprint density at radius 3 is 2.86 bits per heavy atom. The second kappa shape index (κ2) is 4.76. The van der Waals surface area contributed by atoms with E-state index in [4.69, 9.17) is 9.84 Å². The molecule has 1 aromatic rings. The third-order valence-electron chi connectivity index (χ3n) is 1.47. The van der Waals surface area contributed by atoms with Gasteiger partial charge in [-0.05, 0) is 22.0 Å². The molecule has 0 aliphatic heterocycles. The van der Waals surface area contributed by atoms with Crippen molar-refractivity contribution in [1.29, 1.82) is 0 Å². The molecule has 0 radical (unpaired) electrons. The maximum Gasteiger partial charge on any atom is 0.341 e. The SMILES string of the molecule is O=Cc1cccc(OCC(=O)O)c1Br. The van der Waals surface area contributed by atoms with E-state index in [9.17, 15) is 9.59 Å². The third-order valence-corrected chi connectivity index (χ3v) is 2.32. The van der Waals surface area contributed by atoms with Crippen LogP contribution in [-0.2, 0) is 4.79 Å². The number of hydrogen-bond acceptors (Lipinski definition) is 3. The molecule has 1 rings (SSSR count). The van der Waals surface area contributed by atoms with E-state index < -0.39 is 12.6 Å². The molecule has 5 heteroatoms. The van der Waals surface area contributed by atoms with Crippen molar-refractivity contribution in [3.63, 3.8) is 0 Å². The van der Waals surface area contributed by atoms with Crippen LogP contribution in [0, 0.1) is 0 Å². The highest BCUT2D eigenvalue weighted by atomic mass is 79.9. The summed E-state index contributed by atoms with van der Waals surface area (Å²) in [5.74, 6) is -0.717. The molecule has 0 bridgehead atoms. The molecule has 0 atom stereocenters. The first kappa shape index (κ1) is 10.7. The molecule has 0 fully saturated rings. The van der Waals surface area contributed by atoms with E-state index in [1.165, 1.54) is 0 Å². The maximum atomic E-state index is 10.5. The van der Waals surface area contributed by atoms with Crippen LogP contribution >= 0.6 is 15.9 Å². The van der Waals surface area contributed by atoms with Gasteiger partial charge < -0.3 is 9.84 Å². The number of carboxylic acid groups (broad SMARTS) is 1. The number of ether oxygens (including phenoxy) is 1. The van der Waals surface area contributed by atoms with Crippen molar-refractivity contribution in [2.24, 2.45) is 0 Å². The quantitative estimate of drug-likeness (QED) is 0.836. The lowest BCUT2D eigenvalue weighted by Gasteiger charge is -2.06. The number of halogens is 1. The van der Waals surface area contributed by atoms with E-state index in [0.29, 0.717) is 22.1 Å². The first-order valence-corrected chi connectivity index (χ1v) is 4.52. The van der Waals surface area contributed by atoms with E-state index in [1.54, 1.807) is 18.2 Å². The predicted molar refractivity (Wildman–Crippen MR) is 52.7 cm³/mol. The first-order valence-electron chi connectivity index (χ1n) is 3.73. The summed E-state index contributed by atoms with van der Waals surface area (Å²) in [5, 5.41) is 8.38. The average Bonchev–Trinajstić information content (AvgIpc) is 2.16. The monoisotopic (exact) mass is 258 g/mol. The van der Waals surface area contributed by atoms with Gasteiger partial charge >= 0.3 is 5.97 Å². The van der Waals surface area contributed by atoms with Gasteiger partial charge in [0.25, 0.3) is 0 Å². The zero-order valence-electron chi connectivity index (χ0n) is 7.07. The molecule has 1 aromatic carbocycles. The van der Waals surface area contributed by atoms with Crippen LogP contribution in [0.15, 0.2) is 22.7 Å². The number of aldehydes is 1. The first-order chi connectivity index (χ1) is 6.65. The zero-order valence-corrected chi connectivity index (χ0v) is 8.65. The minimum absolute atomic E-state index is 0.344. The summed E-state index contributed by atoms with van der Waals surface area (Å²) < 4.78 is 5.40. The van der Waals surface area contributed by atoms with Crippen molar-refractivity contribution in [2.45, 2.75) is 0 Å². The topological polar surface area (TPSA) is 63.6 Å². The third kappa shape index (κ3) is 2.56. The number of carboxylic acids is 1. The number of aliphatic carboxylic acids is 1. The summed E-state index contributed by atoms with van der Waals surface area (Å²) >= 11 is 3.14. The Balaban J connectivity index is 2.86. The Kier molecular flexibility index (Phi) is 3.64. The van der Waals surface area contributed by atoms with Crippen LogP contribution < -0.4 is 4.74 Å². The van der Waals surface area contributed by atoms with Crippen molar-refractivity contribution in [1.82, 2.24) is 0 Å². The van der Waals surface area contributed by atoms with Crippen LogP contribution in [0.2, 0.25) is 0 Å². The molecule has 0 aliphatic rings. The lowest BCUT2D eigenvalue weighted by atomic mass is 10.2. The Morgan fingerprint density at radius 1 is 1.57 bits per heavy atom. The summed E-state index contributed by atoms with van der Waals surface area (Å²) in [5.41, 5.74) is 0.424. The highest BCUT2D eigenvalue weighted by Crippen LogP contribution is 2.27. The molecular weight excluding hydrogens is 252 g/mol. The summed E-state index contributed by atoms with van der Waals surface area (Å²) in [6, 6.07) is 4.80. The fraction of sp³-hybridized carbons (Fsp3) is 0.111. The van der Waals surface area contributed by atoms with Gasteiger partial charge in [0.1, 0.15) is 5.75 Å². The Bertz CT molecular complexity index is 362. The lowest BCUT2D eigenvalue weighted by Crippen LogP contribution is -2.09. The van der Waals surface area contributed by atoms with Gasteiger partial charge in [-0.15, -0.1) is 0 Å². The molecule has 1 N–H and O–H groups in total. The minimum Gasteiger partial charge on any atom is -0.481 e. The normalized spacial score (nSPS) is 9.50. The van der Waals surface area contributed by atoms with Gasteiger partial charge in [0.05, 0.1) is 4.47 Å². The number of hydrogen-bond donors (Lipinski definition) is 1. The van der Waals surface area contributed by atoms with Crippen molar-refractivity contribution in [2.75, 3.05) is 6.61 Å². The average molecular weight is 259 g/mol. The molecule has 0 spiro atoms. The largest absolute Gasteiger partial charge is 0.481 e. The fourth-order valence-electron chi connectivity index (χ4n) is 0.870. The summed E-state index contributed by atoms with van der Waals surface area (Å²) in [4.78, 5) is 20.7. The molecule has 74 valence electrons. The Labute approximate surface area is 88.6 Å². The number of carbonyl (C=O) groups is 2. The highest BCUT2D eigenvalue weighted by Gasteiger charge is 2.07. The van der Waals surface area contributed by atoms with E-state index in [0.717, 1.165) is 0 Å². The second-order valence-corrected chi connectivity index (χ2v) is 3.25. The molecule has 0 aliphatic carbocycles. The van der Waals surface area contributed by atoms with Gasteiger partial charge in [0.2, 0.25) is 0 Å². The fourth-order valence-corrected chi connectivity index (χ4v) is 1.34. The Morgan fingerprint density at radius 2 is 2.29 bits per heavy atom. The maximum absolute atomic E-state index is 10.5. The van der Waals surface area contributed by atoms with Crippen LogP contribution in [0.1, 0.15) is 10.4 Å². The molecule has 0 aromatic heterocycles. The van der Waals surface area contributed by atoms with Gasteiger partial charge in [0, 0.05) is 5.56 Å². The molecule has 0 amide bonds. The summed E-state index contributed by atoms with van der Waals surface area (Å²) in [6.07, 6.45) is 0.664. The van der Waals surface area contributed by atoms with Crippen LogP contribution in [0.4, 0.5) is 0 Å². The van der Waals surface area contributed by atoms with E-state index in [2.05, 4.69) is 15.9 Å². The van der Waals surface area contributed by atoms with E-state index >= 15 is 0 Å². The lowest BCUT2D eigenvalue weighted by molar-refractivity contribution is -0.139. The van der Waals surface area contributed by atoms with Gasteiger partial charge in [-0.1, -0.05) is 12.1 Å². The van der Waals surface area contributed by atoms with E-state index in [-0.39, 0.29) is 0 Å². The molecule has 0 saturated carbocycles. The van der Waals surface area contributed by atoms with E-state index in [1.807, 2.05) is 0 Å². The van der Waals surface area contributed by atoms with Crippen molar-refractivity contribution in [3.05, 3.63) is 28.2 Å². The van der Waals surface area contributed by atoms with Crippen molar-refractivity contribution in [3.8, 4) is 5.75 Å². The molecule has 0 saturated heterocycles. The number of carbonyl (C=O) groups excluding carboxylic acids is 1. The van der Waals surface area contributed by atoms with Gasteiger partial charge in [-0.2, -0.15) is 0 Å². The highest BCUT2D eigenvalue weighted by molar-refractivity contribution is 9.10. The Hall–Kier alpha value is -1.36. The molecule has 14 heavy (non-hydrogen) atoms. The molecule has 0 unspecified atom stereocenters. The predicted octanol–water partition coefficient (Wildman–Crippen LogP) is 1.72. The van der Waals surface area contributed by atoms with Gasteiger partial charge in [-0.25, -0.2) is 4.79 Å². The molecular formula is C9H7BrO4. The van der Waals surface area contributed by atoms with Gasteiger partial charge in [0.15, 0.2) is 12.9 Å². The van der Waals surface area contributed by atoms with Gasteiger partial charge in [-0.3, -0.25) is 4.79 Å². The smallest absolute Gasteiger partial charge is 0.341 e. The van der Waals surface area contributed by atoms with Crippen LogP contribution in [0.3, 0.4) is 0 Å². The van der Waals surface area contributed by atoms with Crippen LogP contribution in [-0.4, -0.2) is 24.0 Å². The zero-order chi connectivity index (χ0) is 10.6.